The lowest BCUT2D eigenvalue weighted by atomic mass is 10.0. The molecule has 1 aromatic heterocycles. The summed E-state index contributed by atoms with van der Waals surface area (Å²) in [5.74, 6) is -0.306. The van der Waals surface area contributed by atoms with Crippen LogP contribution in [0.5, 0.6) is 0 Å². The first-order valence-electron chi connectivity index (χ1n) is 8.47. The normalized spacial score (nSPS) is 16.6. The number of hydrogen-bond donors (Lipinski definition) is 1. The average Bonchev–Trinajstić information content (AvgIpc) is 2.96. The fraction of sp³-hybridized carbons (Fsp3) is 0.421. The van der Waals surface area contributed by atoms with Gasteiger partial charge in [-0.3, -0.25) is 9.69 Å². The Morgan fingerprint density at radius 1 is 1.28 bits per heavy atom. The Bertz CT molecular complexity index is 704. The van der Waals surface area contributed by atoms with Crippen LogP contribution < -0.4 is 5.32 Å². The lowest BCUT2D eigenvalue weighted by Gasteiger charge is -2.34. The van der Waals surface area contributed by atoms with Crippen LogP contribution in [-0.4, -0.2) is 43.7 Å². The Hall–Kier alpha value is -1.76. The largest absolute Gasteiger partial charge is 0.379 e. The number of amides is 1. The van der Waals surface area contributed by atoms with E-state index >= 15 is 0 Å². The second-order valence-corrected chi connectivity index (χ2v) is 7.53. The Morgan fingerprint density at radius 3 is 2.56 bits per heavy atom. The minimum atomic E-state index is -0.252. The molecule has 1 fully saturated rings. The topological polar surface area (TPSA) is 41.6 Å². The number of halogens is 1. The number of carbonyl (C=O) groups is 1. The van der Waals surface area contributed by atoms with Gasteiger partial charge >= 0.3 is 0 Å². The Labute approximate surface area is 151 Å². The summed E-state index contributed by atoms with van der Waals surface area (Å²) in [6, 6.07) is 8.46. The lowest BCUT2D eigenvalue weighted by molar-refractivity contribution is 0.0162. The van der Waals surface area contributed by atoms with Crippen LogP contribution in [-0.2, 0) is 4.74 Å². The van der Waals surface area contributed by atoms with Gasteiger partial charge in [0, 0.05) is 24.5 Å². The third-order valence-electron chi connectivity index (χ3n) is 4.59. The Balaban J connectivity index is 1.72. The molecular weight excluding hydrogens is 339 g/mol. The summed E-state index contributed by atoms with van der Waals surface area (Å²) in [5, 5.41) is 3.05. The van der Waals surface area contributed by atoms with Crippen molar-refractivity contribution in [2.24, 2.45) is 0 Å². The van der Waals surface area contributed by atoms with Crippen molar-refractivity contribution in [2.45, 2.75) is 19.9 Å². The van der Waals surface area contributed by atoms with Gasteiger partial charge in [0.2, 0.25) is 0 Å². The van der Waals surface area contributed by atoms with Crippen molar-refractivity contribution in [2.75, 3.05) is 32.8 Å². The van der Waals surface area contributed by atoms with Gasteiger partial charge in [-0.25, -0.2) is 4.39 Å². The molecule has 1 saturated heterocycles. The minimum Gasteiger partial charge on any atom is -0.379 e. The van der Waals surface area contributed by atoms with Crippen LogP contribution in [0.2, 0.25) is 0 Å². The number of hydrogen-bond acceptors (Lipinski definition) is 4. The van der Waals surface area contributed by atoms with Gasteiger partial charge in [0.25, 0.3) is 5.91 Å². The molecule has 1 amide bonds. The predicted molar refractivity (Wildman–Crippen MR) is 97.7 cm³/mol. The Morgan fingerprint density at radius 2 is 1.96 bits per heavy atom. The van der Waals surface area contributed by atoms with Crippen LogP contribution in [0, 0.1) is 19.7 Å². The number of morpholine rings is 1. The molecule has 25 heavy (non-hydrogen) atoms. The maximum atomic E-state index is 13.3. The molecule has 1 unspecified atom stereocenters. The van der Waals surface area contributed by atoms with E-state index in [2.05, 4.69) is 10.2 Å². The molecule has 0 bridgehead atoms. The summed E-state index contributed by atoms with van der Waals surface area (Å²) in [4.78, 5) is 16.7. The van der Waals surface area contributed by atoms with Crippen LogP contribution >= 0.6 is 11.3 Å². The van der Waals surface area contributed by atoms with E-state index in [-0.39, 0.29) is 17.8 Å². The summed E-state index contributed by atoms with van der Waals surface area (Å²) >= 11 is 1.51. The SMILES string of the molecule is Cc1cc(C(=O)NCC(c2ccc(F)cc2)N2CCOCC2)sc1C. The number of aryl methyl sites for hydroxylation is 2. The predicted octanol–water partition coefficient (Wildman–Crippen LogP) is 3.31. The van der Waals surface area contributed by atoms with Gasteiger partial charge in [0.1, 0.15) is 5.82 Å². The molecule has 2 heterocycles. The number of nitrogens with one attached hydrogen (secondary N) is 1. The highest BCUT2D eigenvalue weighted by Crippen LogP contribution is 2.23. The van der Waals surface area contributed by atoms with Gasteiger partial charge in [-0.15, -0.1) is 11.3 Å². The molecule has 1 N–H and O–H groups in total. The molecule has 1 aromatic carbocycles. The van der Waals surface area contributed by atoms with E-state index in [1.807, 2.05) is 19.9 Å². The molecule has 6 heteroatoms. The minimum absolute atomic E-state index is 0.00982. The molecule has 1 aliphatic heterocycles. The van der Waals surface area contributed by atoms with Crippen LogP contribution in [0.4, 0.5) is 4.39 Å². The van der Waals surface area contributed by atoms with Crippen LogP contribution in [0.3, 0.4) is 0 Å². The number of carbonyl (C=O) groups excluding carboxylic acids is 1. The zero-order chi connectivity index (χ0) is 17.8. The molecule has 0 aliphatic carbocycles. The smallest absolute Gasteiger partial charge is 0.261 e. The van der Waals surface area contributed by atoms with E-state index in [9.17, 15) is 9.18 Å². The van der Waals surface area contributed by atoms with E-state index in [0.717, 1.165) is 34.0 Å². The van der Waals surface area contributed by atoms with Crippen molar-refractivity contribution in [3.63, 3.8) is 0 Å². The molecule has 4 nitrogen and oxygen atoms in total. The summed E-state index contributed by atoms with van der Waals surface area (Å²) in [6.07, 6.45) is 0. The number of rotatable bonds is 5. The molecule has 0 spiro atoms. The van der Waals surface area contributed by atoms with Gasteiger partial charge in [0.05, 0.1) is 24.1 Å². The lowest BCUT2D eigenvalue weighted by Crippen LogP contribution is -2.43. The summed E-state index contributed by atoms with van der Waals surface area (Å²) in [6.45, 7) is 7.47. The van der Waals surface area contributed by atoms with Gasteiger partial charge in [-0.1, -0.05) is 12.1 Å². The quantitative estimate of drug-likeness (QED) is 0.887. The molecular formula is C19H23FN2O2S. The number of nitrogens with zero attached hydrogens (tertiary/aromatic N) is 1. The summed E-state index contributed by atoms with van der Waals surface area (Å²) in [7, 11) is 0. The highest BCUT2D eigenvalue weighted by atomic mass is 32.1. The van der Waals surface area contributed by atoms with Crippen molar-refractivity contribution in [3.05, 3.63) is 57.0 Å². The molecule has 3 rings (SSSR count). The number of thiophene rings is 1. The van der Waals surface area contributed by atoms with Gasteiger partial charge < -0.3 is 10.1 Å². The van der Waals surface area contributed by atoms with Crippen molar-refractivity contribution in [1.29, 1.82) is 0 Å². The van der Waals surface area contributed by atoms with Gasteiger partial charge in [0.15, 0.2) is 0 Å². The number of benzene rings is 1. The zero-order valence-corrected chi connectivity index (χ0v) is 15.4. The first-order chi connectivity index (χ1) is 12.0. The van der Waals surface area contributed by atoms with E-state index in [1.165, 1.54) is 23.5 Å². The molecule has 1 atom stereocenters. The highest BCUT2D eigenvalue weighted by Gasteiger charge is 2.23. The second kappa shape index (κ2) is 8.08. The van der Waals surface area contributed by atoms with Gasteiger partial charge in [-0.05, 0) is 43.2 Å². The maximum Gasteiger partial charge on any atom is 0.261 e. The molecule has 1 aliphatic rings. The molecule has 2 aromatic rings. The summed E-state index contributed by atoms with van der Waals surface area (Å²) in [5.41, 5.74) is 2.14. The van der Waals surface area contributed by atoms with Crippen LogP contribution in [0.1, 0.15) is 31.7 Å². The zero-order valence-electron chi connectivity index (χ0n) is 14.5. The Kier molecular flexibility index (Phi) is 5.83. The van der Waals surface area contributed by atoms with Crippen LogP contribution in [0.15, 0.2) is 30.3 Å². The number of ether oxygens (including phenoxy) is 1. The second-order valence-electron chi connectivity index (χ2n) is 6.28. The van der Waals surface area contributed by atoms with E-state index in [0.29, 0.717) is 19.8 Å². The fourth-order valence-electron chi connectivity index (χ4n) is 2.99. The summed E-state index contributed by atoms with van der Waals surface area (Å²) < 4.78 is 18.7. The average molecular weight is 362 g/mol. The van der Waals surface area contributed by atoms with Crippen molar-refractivity contribution >= 4 is 17.2 Å². The monoisotopic (exact) mass is 362 g/mol. The highest BCUT2D eigenvalue weighted by molar-refractivity contribution is 7.14. The van der Waals surface area contributed by atoms with Crippen LogP contribution in [0.25, 0.3) is 0 Å². The molecule has 134 valence electrons. The third kappa shape index (κ3) is 4.45. The van der Waals surface area contributed by atoms with Crippen molar-refractivity contribution < 1.29 is 13.9 Å². The maximum absolute atomic E-state index is 13.3. The van der Waals surface area contributed by atoms with E-state index < -0.39 is 0 Å². The van der Waals surface area contributed by atoms with E-state index in [1.54, 1.807) is 12.1 Å². The fourth-order valence-corrected chi connectivity index (χ4v) is 3.94. The molecule has 0 saturated carbocycles. The van der Waals surface area contributed by atoms with Gasteiger partial charge in [-0.2, -0.15) is 0 Å². The first kappa shape index (κ1) is 18.0. The van der Waals surface area contributed by atoms with E-state index in [4.69, 9.17) is 4.74 Å². The van der Waals surface area contributed by atoms with Crippen molar-refractivity contribution in [1.82, 2.24) is 10.2 Å². The third-order valence-corrected chi connectivity index (χ3v) is 5.74. The standard InChI is InChI=1S/C19H23FN2O2S/c1-13-11-18(25-14(13)2)19(23)21-12-17(22-7-9-24-10-8-22)15-3-5-16(20)6-4-15/h3-6,11,17H,7-10,12H2,1-2H3,(H,21,23). The molecule has 0 radical (unpaired) electrons. The van der Waals surface area contributed by atoms with Crippen molar-refractivity contribution in [3.8, 4) is 0 Å². The first-order valence-corrected chi connectivity index (χ1v) is 9.29.